The number of aliphatic hydroxyl groups is 1. The van der Waals surface area contributed by atoms with Gasteiger partial charge in [-0.05, 0) is 26.0 Å². The number of aliphatic hydroxyl groups excluding tert-OH is 1. The highest BCUT2D eigenvalue weighted by Crippen LogP contribution is 2.21. The third-order valence-corrected chi connectivity index (χ3v) is 4.31. The smallest absolute Gasteiger partial charge is 0.266 e. The molecule has 0 saturated heterocycles. The Morgan fingerprint density at radius 1 is 1.40 bits per heavy atom. The zero-order valence-corrected chi connectivity index (χ0v) is 11.9. The standard InChI is InChI=1S/C11H15N5O3S/c1-8-11(9(2)16(14-8)6-7-17)20(18,19)15-10-4-3-5-12-13-10/h3-5,17H,6-7H2,1-2H3,(H,13,15). The molecule has 0 aliphatic carbocycles. The van der Waals surface area contributed by atoms with Gasteiger partial charge in [0.25, 0.3) is 10.0 Å². The fraction of sp³-hybridized carbons (Fsp3) is 0.364. The van der Waals surface area contributed by atoms with Crippen LogP contribution in [0.4, 0.5) is 5.82 Å². The highest BCUT2D eigenvalue weighted by Gasteiger charge is 2.25. The molecule has 8 nitrogen and oxygen atoms in total. The van der Waals surface area contributed by atoms with E-state index in [4.69, 9.17) is 5.11 Å². The molecule has 0 atom stereocenters. The fourth-order valence-corrected chi connectivity index (χ4v) is 3.34. The summed E-state index contributed by atoms with van der Waals surface area (Å²) in [7, 11) is -3.79. The molecule has 0 unspecified atom stereocenters. The Labute approximate surface area is 116 Å². The molecule has 0 aliphatic heterocycles. The van der Waals surface area contributed by atoms with Crippen LogP contribution in [0.3, 0.4) is 0 Å². The Morgan fingerprint density at radius 2 is 2.15 bits per heavy atom. The van der Waals surface area contributed by atoms with E-state index in [0.29, 0.717) is 11.4 Å². The molecule has 2 N–H and O–H groups in total. The number of aromatic nitrogens is 4. The largest absolute Gasteiger partial charge is 0.394 e. The molecule has 0 amide bonds. The zero-order chi connectivity index (χ0) is 14.8. The van der Waals surface area contributed by atoms with Crippen LogP contribution in [0.25, 0.3) is 0 Å². The summed E-state index contributed by atoms with van der Waals surface area (Å²) in [6.07, 6.45) is 1.45. The van der Waals surface area contributed by atoms with Crippen LogP contribution in [0, 0.1) is 13.8 Å². The SMILES string of the molecule is Cc1nn(CCO)c(C)c1S(=O)(=O)Nc1cccnn1. The van der Waals surface area contributed by atoms with Gasteiger partial charge in [-0.15, -0.1) is 5.10 Å². The number of nitrogens with one attached hydrogen (secondary N) is 1. The molecule has 0 spiro atoms. The topological polar surface area (TPSA) is 110 Å². The van der Waals surface area contributed by atoms with Gasteiger partial charge in [0.1, 0.15) is 4.90 Å². The second-order valence-corrected chi connectivity index (χ2v) is 5.78. The first-order valence-electron chi connectivity index (χ1n) is 5.91. The average molecular weight is 297 g/mol. The number of hydrogen-bond acceptors (Lipinski definition) is 6. The van der Waals surface area contributed by atoms with Gasteiger partial charge >= 0.3 is 0 Å². The summed E-state index contributed by atoms with van der Waals surface area (Å²) >= 11 is 0. The molecule has 2 aromatic rings. The molecule has 2 rings (SSSR count). The number of anilines is 1. The number of rotatable bonds is 5. The van der Waals surface area contributed by atoms with Crippen molar-refractivity contribution >= 4 is 15.8 Å². The Bertz CT molecular complexity index is 696. The van der Waals surface area contributed by atoms with Crippen molar-refractivity contribution in [3.8, 4) is 0 Å². The predicted molar refractivity (Wildman–Crippen MR) is 71.6 cm³/mol. The molecule has 0 fully saturated rings. The highest BCUT2D eigenvalue weighted by atomic mass is 32.2. The van der Waals surface area contributed by atoms with Crippen molar-refractivity contribution in [2.75, 3.05) is 11.3 Å². The van der Waals surface area contributed by atoms with Crippen molar-refractivity contribution in [3.05, 3.63) is 29.7 Å². The summed E-state index contributed by atoms with van der Waals surface area (Å²) in [5, 5.41) is 20.3. The van der Waals surface area contributed by atoms with E-state index < -0.39 is 10.0 Å². The van der Waals surface area contributed by atoms with Gasteiger partial charge in [-0.1, -0.05) is 0 Å². The summed E-state index contributed by atoms with van der Waals surface area (Å²) < 4.78 is 28.5. The van der Waals surface area contributed by atoms with Crippen molar-refractivity contribution in [3.63, 3.8) is 0 Å². The Balaban J connectivity index is 2.40. The summed E-state index contributed by atoms with van der Waals surface area (Å²) in [5.41, 5.74) is 0.834. The van der Waals surface area contributed by atoms with E-state index in [1.807, 2.05) is 0 Å². The summed E-state index contributed by atoms with van der Waals surface area (Å²) in [6.45, 7) is 3.37. The first-order valence-corrected chi connectivity index (χ1v) is 7.39. The lowest BCUT2D eigenvalue weighted by Gasteiger charge is -2.07. The minimum atomic E-state index is -3.79. The van der Waals surface area contributed by atoms with Gasteiger partial charge in [0, 0.05) is 6.20 Å². The van der Waals surface area contributed by atoms with Crippen molar-refractivity contribution < 1.29 is 13.5 Å². The third kappa shape index (κ3) is 2.78. The summed E-state index contributed by atoms with van der Waals surface area (Å²) in [5.74, 6) is 0.140. The van der Waals surface area contributed by atoms with Crippen LogP contribution in [-0.2, 0) is 16.6 Å². The summed E-state index contributed by atoms with van der Waals surface area (Å²) in [6, 6.07) is 3.09. The van der Waals surface area contributed by atoms with Crippen LogP contribution in [-0.4, -0.2) is 40.1 Å². The Hall–Kier alpha value is -2.00. The predicted octanol–water partition coefficient (Wildman–Crippen LogP) is 0.0830. The number of nitrogens with zero attached hydrogens (tertiary/aromatic N) is 4. The fourth-order valence-electron chi connectivity index (χ4n) is 1.93. The van der Waals surface area contributed by atoms with E-state index in [1.54, 1.807) is 19.9 Å². The lowest BCUT2D eigenvalue weighted by molar-refractivity contribution is 0.267. The normalized spacial score (nSPS) is 11.6. The van der Waals surface area contributed by atoms with Crippen LogP contribution in [0.1, 0.15) is 11.4 Å². The lowest BCUT2D eigenvalue weighted by Crippen LogP contribution is -2.16. The van der Waals surface area contributed by atoms with Gasteiger partial charge in [0.15, 0.2) is 5.82 Å². The van der Waals surface area contributed by atoms with E-state index in [1.165, 1.54) is 16.9 Å². The molecule has 0 aliphatic rings. The van der Waals surface area contributed by atoms with E-state index in [0.717, 1.165) is 0 Å². The number of hydrogen-bond donors (Lipinski definition) is 2. The maximum atomic E-state index is 12.4. The van der Waals surface area contributed by atoms with Crippen LogP contribution < -0.4 is 4.72 Å². The molecule has 20 heavy (non-hydrogen) atoms. The third-order valence-electron chi connectivity index (χ3n) is 2.71. The average Bonchev–Trinajstić information content (AvgIpc) is 2.66. The van der Waals surface area contributed by atoms with Gasteiger partial charge in [0.05, 0.1) is 24.5 Å². The van der Waals surface area contributed by atoms with Crippen molar-refractivity contribution in [1.82, 2.24) is 20.0 Å². The first-order chi connectivity index (χ1) is 9.45. The zero-order valence-electron chi connectivity index (χ0n) is 11.1. The monoisotopic (exact) mass is 297 g/mol. The van der Waals surface area contributed by atoms with E-state index >= 15 is 0 Å². The van der Waals surface area contributed by atoms with Crippen LogP contribution in [0.15, 0.2) is 23.2 Å². The van der Waals surface area contributed by atoms with E-state index in [2.05, 4.69) is 20.0 Å². The van der Waals surface area contributed by atoms with Gasteiger partial charge in [-0.25, -0.2) is 8.42 Å². The Morgan fingerprint density at radius 3 is 2.75 bits per heavy atom. The molecule has 0 aromatic carbocycles. The molecule has 2 aromatic heterocycles. The number of aryl methyl sites for hydroxylation is 1. The second kappa shape index (κ2) is 5.55. The minimum Gasteiger partial charge on any atom is -0.394 e. The van der Waals surface area contributed by atoms with Crippen LogP contribution in [0.5, 0.6) is 0 Å². The van der Waals surface area contributed by atoms with Gasteiger partial charge in [0.2, 0.25) is 0 Å². The molecule has 2 heterocycles. The van der Waals surface area contributed by atoms with Gasteiger partial charge in [-0.3, -0.25) is 9.40 Å². The molecule has 0 saturated carbocycles. The van der Waals surface area contributed by atoms with Gasteiger partial charge in [-0.2, -0.15) is 10.2 Å². The van der Waals surface area contributed by atoms with E-state index in [-0.39, 0.29) is 23.9 Å². The molecular formula is C11H15N5O3S. The van der Waals surface area contributed by atoms with Crippen molar-refractivity contribution in [1.29, 1.82) is 0 Å². The minimum absolute atomic E-state index is 0.0941. The molecule has 108 valence electrons. The van der Waals surface area contributed by atoms with Crippen LogP contribution in [0.2, 0.25) is 0 Å². The molecule has 0 bridgehead atoms. The highest BCUT2D eigenvalue weighted by molar-refractivity contribution is 7.92. The van der Waals surface area contributed by atoms with Gasteiger partial charge < -0.3 is 5.11 Å². The lowest BCUT2D eigenvalue weighted by atomic mass is 10.4. The first kappa shape index (κ1) is 14.4. The molecule has 0 radical (unpaired) electrons. The van der Waals surface area contributed by atoms with Crippen LogP contribution >= 0.6 is 0 Å². The van der Waals surface area contributed by atoms with Crippen molar-refractivity contribution in [2.45, 2.75) is 25.3 Å². The quantitative estimate of drug-likeness (QED) is 0.809. The van der Waals surface area contributed by atoms with Crippen molar-refractivity contribution in [2.24, 2.45) is 0 Å². The second-order valence-electron chi connectivity index (χ2n) is 4.16. The Kier molecular flexibility index (Phi) is 4.00. The maximum absolute atomic E-state index is 12.4. The molecule has 9 heteroatoms. The van der Waals surface area contributed by atoms with E-state index in [9.17, 15) is 8.42 Å². The molecular weight excluding hydrogens is 282 g/mol. The maximum Gasteiger partial charge on any atom is 0.266 e. The number of sulfonamides is 1. The summed E-state index contributed by atoms with van der Waals surface area (Å²) in [4.78, 5) is 0.0941.